The predicted octanol–water partition coefficient (Wildman–Crippen LogP) is 3.76. The van der Waals surface area contributed by atoms with E-state index in [1.807, 2.05) is 12.1 Å². The van der Waals surface area contributed by atoms with Crippen LogP contribution in [0.1, 0.15) is 24.1 Å². The van der Waals surface area contributed by atoms with Crippen LogP contribution in [0.5, 0.6) is 5.75 Å². The van der Waals surface area contributed by atoms with Crippen molar-refractivity contribution in [2.24, 2.45) is 5.73 Å². The molecule has 1 aliphatic heterocycles. The molecule has 36 heavy (non-hydrogen) atoms. The zero-order chi connectivity index (χ0) is 25.3. The summed E-state index contributed by atoms with van der Waals surface area (Å²) in [6.45, 7) is 1.04. The molecule has 0 radical (unpaired) electrons. The summed E-state index contributed by atoms with van der Waals surface area (Å²) >= 11 is 0. The Kier molecular flexibility index (Phi) is 6.22. The van der Waals surface area contributed by atoms with E-state index in [1.54, 1.807) is 21.8 Å². The summed E-state index contributed by atoms with van der Waals surface area (Å²) in [6.07, 6.45) is 2.58. The Morgan fingerprint density at radius 2 is 2.14 bits per heavy atom. The monoisotopic (exact) mass is 500 g/mol. The Bertz CT molecular complexity index is 1370. The minimum atomic E-state index is -4.64. The number of nitrogens with zero attached hydrogens (tertiary/aromatic N) is 5. The third-order valence-corrected chi connectivity index (χ3v) is 5.86. The number of aromatic nitrogens is 5. The van der Waals surface area contributed by atoms with Crippen molar-refractivity contribution in [3.63, 3.8) is 0 Å². The molecule has 13 heteroatoms. The van der Waals surface area contributed by atoms with Crippen LogP contribution in [-0.4, -0.2) is 50.0 Å². The second-order valence-corrected chi connectivity index (χ2v) is 8.50. The zero-order valence-electron chi connectivity index (χ0n) is 19.0. The van der Waals surface area contributed by atoms with Crippen LogP contribution >= 0.6 is 0 Å². The highest BCUT2D eigenvalue weighted by Gasteiger charge is 2.38. The molecule has 4 aromatic heterocycles. The molecule has 0 aliphatic carbocycles. The number of fused-ring (bicyclic) bond motifs is 1. The molecule has 1 saturated heterocycles. The number of aromatic amines is 1. The van der Waals surface area contributed by atoms with E-state index in [0.29, 0.717) is 19.5 Å². The average molecular weight is 500 g/mol. The number of carbonyl (C=O) groups is 1. The molecule has 1 fully saturated rings. The maximum Gasteiger partial charge on any atom is 0.419 e. The maximum absolute atomic E-state index is 13.9. The minimum Gasteiger partial charge on any atom is -0.407 e. The van der Waals surface area contributed by atoms with Crippen molar-refractivity contribution < 1.29 is 22.7 Å². The molecule has 188 valence electrons. The number of H-pyrrole nitrogens is 1. The van der Waals surface area contributed by atoms with Gasteiger partial charge in [0.1, 0.15) is 5.65 Å². The van der Waals surface area contributed by atoms with Crippen molar-refractivity contribution in [3.05, 3.63) is 60.4 Å². The fourth-order valence-electron chi connectivity index (χ4n) is 4.31. The quantitative estimate of drug-likeness (QED) is 0.381. The number of pyridine rings is 2. The number of alkyl halides is 3. The van der Waals surface area contributed by atoms with Gasteiger partial charge in [0.15, 0.2) is 5.75 Å². The number of hydrogen-bond acceptors (Lipinski definition) is 7. The molecule has 0 bridgehead atoms. The summed E-state index contributed by atoms with van der Waals surface area (Å²) in [7, 11) is 0. The van der Waals surface area contributed by atoms with Gasteiger partial charge in [-0.05, 0) is 25.0 Å². The van der Waals surface area contributed by atoms with Gasteiger partial charge in [0.05, 0.1) is 47.0 Å². The van der Waals surface area contributed by atoms with Gasteiger partial charge in [-0.1, -0.05) is 6.07 Å². The van der Waals surface area contributed by atoms with Gasteiger partial charge in [-0.25, -0.2) is 9.78 Å². The molecule has 0 aromatic carbocycles. The van der Waals surface area contributed by atoms with E-state index < -0.39 is 17.8 Å². The number of nitrogens with one attached hydrogen (secondary N) is 2. The topological polar surface area (TPSA) is 127 Å². The Labute approximate surface area is 203 Å². The molecule has 5 heterocycles. The molecule has 4 aromatic rings. The van der Waals surface area contributed by atoms with Crippen LogP contribution in [0.4, 0.5) is 29.3 Å². The second-order valence-electron chi connectivity index (χ2n) is 8.50. The van der Waals surface area contributed by atoms with Gasteiger partial charge < -0.3 is 20.4 Å². The summed E-state index contributed by atoms with van der Waals surface area (Å²) in [6, 6.07) is 5.23. The van der Waals surface area contributed by atoms with Crippen molar-refractivity contribution in [2.75, 3.05) is 23.3 Å². The zero-order valence-corrected chi connectivity index (χ0v) is 19.0. The Hall–Kier alpha value is -4.13. The standard InChI is InChI=1S/C23H23F3N8O2/c24-23(25,26)17-9-29-21-19(20(17)33-7-3-4-14(27)11-33)18(10-30-21)32-22(35)36-16-8-31-34(13-16)12-15-5-1-2-6-28-15/h1-2,5-6,8-10,13-14H,3-4,7,11-12,27H2,(H,29,30)(H,32,35)/t14-/m1/s1. The lowest BCUT2D eigenvalue weighted by Gasteiger charge is -2.34. The highest BCUT2D eigenvalue weighted by Crippen LogP contribution is 2.43. The van der Waals surface area contributed by atoms with Crippen LogP contribution in [0.3, 0.4) is 0 Å². The number of amides is 1. The molecule has 1 amide bonds. The third-order valence-electron chi connectivity index (χ3n) is 5.86. The molecule has 1 aliphatic rings. The lowest BCUT2D eigenvalue weighted by molar-refractivity contribution is -0.137. The van der Waals surface area contributed by atoms with Crippen LogP contribution < -0.4 is 20.7 Å². The number of hydrogen-bond donors (Lipinski definition) is 3. The van der Waals surface area contributed by atoms with Crippen LogP contribution in [0, 0.1) is 0 Å². The maximum atomic E-state index is 13.9. The molecular formula is C23H23F3N8O2. The first kappa shape index (κ1) is 23.6. The van der Waals surface area contributed by atoms with Crippen molar-refractivity contribution in [1.82, 2.24) is 24.7 Å². The van der Waals surface area contributed by atoms with Crippen molar-refractivity contribution in [1.29, 1.82) is 0 Å². The first-order valence-electron chi connectivity index (χ1n) is 11.3. The van der Waals surface area contributed by atoms with Crippen molar-refractivity contribution >= 4 is 28.5 Å². The summed E-state index contributed by atoms with van der Waals surface area (Å²) in [5.74, 6) is 0.166. The Balaban J connectivity index is 1.40. The van der Waals surface area contributed by atoms with Crippen LogP contribution in [0.25, 0.3) is 11.0 Å². The first-order valence-corrected chi connectivity index (χ1v) is 11.3. The molecule has 0 spiro atoms. The predicted molar refractivity (Wildman–Crippen MR) is 126 cm³/mol. The summed E-state index contributed by atoms with van der Waals surface area (Å²) < 4.78 is 48.7. The molecule has 5 rings (SSSR count). The average Bonchev–Trinajstić information content (AvgIpc) is 3.45. The fourth-order valence-corrected chi connectivity index (χ4v) is 4.31. The first-order chi connectivity index (χ1) is 17.3. The van der Waals surface area contributed by atoms with Crippen molar-refractivity contribution in [2.45, 2.75) is 31.6 Å². The largest absolute Gasteiger partial charge is 0.419 e. The molecular weight excluding hydrogens is 477 g/mol. The van der Waals surface area contributed by atoms with E-state index in [2.05, 4.69) is 25.4 Å². The smallest absolute Gasteiger partial charge is 0.407 e. The summed E-state index contributed by atoms with van der Waals surface area (Å²) in [4.78, 5) is 25.2. The van der Waals surface area contributed by atoms with E-state index in [1.165, 1.54) is 18.6 Å². The van der Waals surface area contributed by atoms with E-state index in [9.17, 15) is 18.0 Å². The number of halogens is 3. The number of rotatable bonds is 5. The van der Waals surface area contributed by atoms with Crippen molar-refractivity contribution in [3.8, 4) is 5.75 Å². The number of anilines is 2. The number of ether oxygens (including phenoxy) is 1. The van der Waals surface area contributed by atoms with E-state index in [-0.39, 0.29) is 40.7 Å². The van der Waals surface area contributed by atoms with Crippen LogP contribution in [0.15, 0.2) is 49.2 Å². The molecule has 0 unspecified atom stereocenters. The Morgan fingerprint density at radius 1 is 1.28 bits per heavy atom. The number of piperidine rings is 1. The van der Waals surface area contributed by atoms with Gasteiger partial charge in [-0.3, -0.25) is 15.0 Å². The van der Waals surface area contributed by atoms with Gasteiger partial charge in [0, 0.05) is 37.7 Å². The lowest BCUT2D eigenvalue weighted by atomic mass is 10.0. The SMILES string of the molecule is N[C@@H]1CCCN(c2c(C(F)(F)F)cnc3[nH]cc(NC(=O)Oc4cnn(Cc5ccccn5)c4)c23)C1. The van der Waals surface area contributed by atoms with Crippen LogP contribution in [-0.2, 0) is 12.7 Å². The van der Waals surface area contributed by atoms with Gasteiger partial charge in [-0.15, -0.1) is 0 Å². The van der Waals surface area contributed by atoms with Gasteiger partial charge in [-0.2, -0.15) is 18.3 Å². The lowest BCUT2D eigenvalue weighted by Crippen LogP contribution is -2.43. The summed E-state index contributed by atoms with van der Waals surface area (Å²) in [5.41, 5.74) is 6.18. The fraction of sp³-hybridized carbons (Fsp3) is 0.304. The summed E-state index contributed by atoms with van der Waals surface area (Å²) in [5, 5.41) is 6.82. The molecule has 4 N–H and O–H groups in total. The molecule has 1 atom stereocenters. The minimum absolute atomic E-state index is 0.0672. The van der Waals surface area contributed by atoms with Crippen LogP contribution in [0.2, 0.25) is 0 Å². The van der Waals surface area contributed by atoms with Gasteiger partial charge in [0.2, 0.25) is 0 Å². The second kappa shape index (κ2) is 9.49. The molecule has 0 saturated carbocycles. The Morgan fingerprint density at radius 3 is 2.89 bits per heavy atom. The normalized spacial score (nSPS) is 16.3. The third kappa shape index (κ3) is 4.96. The van der Waals surface area contributed by atoms with E-state index in [0.717, 1.165) is 18.3 Å². The highest BCUT2D eigenvalue weighted by atomic mass is 19.4. The highest BCUT2D eigenvalue weighted by molar-refractivity contribution is 6.06. The molecule has 10 nitrogen and oxygen atoms in total. The van der Waals surface area contributed by atoms with E-state index >= 15 is 0 Å². The number of nitrogens with two attached hydrogens (primary N) is 1. The van der Waals surface area contributed by atoms with Gasteiger partial charge >= 0.3 is 12.3 Å². The van der Waals surface area contributed by atoms with E-state index in [4.69, 9.17) is 10.5 Å². The van der Waals surface area contributed by atoms with Gasteiger partial charge in [0.25, 0.3) is 0 Å². The number of carbonyl (C=O) groups excluding carboxylic acids is 1.